The van der Waals surface area contributed by atoms with Gasteiger partial charge in [-0.05, 0) is 83.6 Å². The van der Waals surface area contributed by atoms with E-state index in [1.54, 1.807) is 0 Å². The molecule has 5 aliphatic heterocycles. The largest absolute Gasteiger partial charge is 0.491 e. The first kappa shape index (κ1) is 50.5. The van der Waals surface area contributed by atoms with E-state index in [9.17, 15) is 0 Å². The first-order chi connectivity index (χ1) is 29.9. The van der Waals surface area contributed by atoms with E-state index < -0.39 is 0 Å². The van der Waals surface area contributed by atoms with Crippen molar-refractivity contribution in [3.63, 3.8) is 0 Å². The van der Waals surface area contributed by atoms with Crippen LogP contribution in [-0.4, -0.2) is 96.6 Å². The van der Waals surface area contributed by atoms with Gasteiger partial charge in [0.1, 0.15) is 92.3 Å². The van der Waals surface area contributed by atoms with Crippen LogP contribution in [0.4, 0.5) is 0 Å². The lowest BCUT2D eigenvalue weighted by Crippen LogP contribution is -2.03. The minimum atomic E-state index is 0. The van der Waals surface area contributed by atoms with Crippen molar-refractivity contribution in [3.8, 4) is 28.7 Å². The van der Waals surface area contributed by atoms with E-state index in [0.29, 0.717) is 75.4 Å². The summed E-state index contributed by atoms with van der Waals surface area (Å²) in [6.07, 6.45) is 1.69. The third kappa shape index (κ3) is 22.7. The summed E-state index contributed by atoms with van der Waals surface area (Å²) in [5, 5.41) is 0. The first-order valence-corrected chi connectivity index (χ1v) is 21.4. The van der Waals surface area contributed by atoms with E-state index in [1.807, 2.05) is 115 Å². The van der Waals surface area contributed by atoms with Crippen LogP contribution in [0, 0.1) is 0 Å². The van der Waals surface area contributed by atoms with Gasteiger partial charge in [0.2, 0.25) is 0 Å². The van der Waals surface area contributed by atoms with Gasteiger partial charge in [0.05, 0.1) is 33.0 Å². The summed E-state index contributed by atoms with van der Waals surface area (Å²) in [7, 11) is 0. The van der Waals surface area contributed by atoms with Gasteiger partial charge in [0.15, 0.2) is 0 Å². The summed E-state index contributed by atoms with van der Waals surface area (Å²) in [6, 6.07) is 45.9. The van der Waals surface area contributed by atoms with Gasteiger partial charge in [0, 0.05) is 0 Å². The third-order valence-corrected chi connectivity index (χ3v) is 9.51. The minimum absolute atomic E-state index is 0. The van der Waals surface area contributed by atoms with Crippen molar-refractivity contribution in [1.29, 1.82) is 0 Å². The summed E-state index contributed by atoms with van der Waals surface area (Å²) >= 11 is 0. The molecule has 0 radical (unpaired) electrons. The molecule has 5 saturated heterocycles. The maximum atomic E-state index is 5.54. The number of ether oxygens (including phenoxy) is 10. The molecule has 5 unspecified atom stereocenters. The molecule has 0 N–H and O–H groups in total. The molecule has 0 saturated carbocycles. The number of epoxide rings is 5. The van der Waals surface area contributed by atoms with Crippen molar-refractivity contribution in [2.75, 3.05) is 66.1 Å². The van der Waals surface area contributed by atoms with Crippen molar-refractivity contribution in [3.05, 3.63) is 151 Å². The molecule has 5 aliphatic rings. The van der Waals surface area contributed by atoms with E-state index in [1.165, 1.54) is 11.1 Å². The van der Waals surface area contributed by atoms with Crippen LogP contribution >= 0.6 is 0 Å². The van der Waals surface area contributed by atoms with Crippen LogP contribution in [0.15, 0.2) is 140 Å². The van der Waals surface area contributed by atoms with Crippen LogP contribution in [0.2, 0.25) is 0 Å². The average molecular weight is 867 g/mol. The number of hydrogen-bond donors (Lipinski definition) is 0. The molecule has 0 bridgehead atoms. The Morgan fingerprint density at radius 2 is 0.524 bits per heavy atom. The van der Waals surface area contributed by atoms with Gasteiger partial charge in [-0.3, -0.25) is 0 Å². The van der Waals surface area contributed by atoms with Crippen molar-refractivity contribution in [2.24, 2.45) is 0 Å². The predicted octanol–water partition coefficient (Wildman–Crippen LogP) is 10.8. The first-order valence-electron chi connectivity index (χ1n) is 21.4. The predicted molar refractivity (Wildman–Crippen MR) is 250 cm³/mol. The van der Waals surface area contributed by atoms with Gasteiger partial charge < -0.3 is 47.4 Å². The van der Waals surface area contributed by atoms with Crippen molar-refractivity contribution < 1.29 is 47.4 Å². The quantitative estimate of drug-likeness (QED) is 0.0838. The summed E-state index contributed by atoms with van der Waals surface area (Å²) in [5.41, 5.74) is 2.69. The highest BCUT2D eigenvalue weighted by molar-refractivity contribution is 5.30. The monoisotopic (exact) mass is 866 g/mol. The fourth-order valence-electron chi connectivity index (χ4n) is 5.22. The van der Waals surface area contributed by atoms with Gasteiger partial charge >= 0.3 is 0 Å². The lowest BCUT2D eigenvalue weighted by atomic mass is 10.0. The Bertz CT molecular complexity index is 1690. The van der Waals surface area contributed by atoms with E-state index >= 15 is 0 Å². The molecule has 0 aliphatic carbocycles. The Morgan fingerprint density at radius 3 is 0.698 bits per heavy atom. The maximum absolute atomic E-state index is 5.54. The van der Waals surface area contributed by atoms with Crippen LogP contribution in [0.1, 0.15) is 65.5 Å². The van der Waals surface area contributed by atoms with Crippen LogP contribution in [0.5, 0.6) is 28.7 Å². The van der Waals surface area contributed by atoms with E-state index in [0.717, 1.165) is 61.8 Å². The Kier molecular flexibility index (Phi) is 22.3. The zero-order valence-electron chi connectivity index (χ0n) is 36.0. The van der Waals surface area contributed by atoms with Gasteiger partial charge in [-0.2, -0.15) is 0 Å². The van der Waals surface area contributed by atoms with Crippen LogP contribution in [0.3, 0.4) is 0 Å². The number of hydrogen-bond acceptors (Lipinski definition) is 10. The van der Waals surface area contributed by atoms with Crippen LogP contribution in [-0.2, 0) is 23.7 Å². The van der Waals surface area contributed by atoms with E-state index in [-0.39, 0.29) is 14.9 Å². The minimum Gasteiger partial charge on any atom is -0.491 e. The number of benzene rings is 5. The molecular weight excluding hydrogens is 797 g/mol. The highest BCUT2D eigenvalue weighted by Crippen LogP contribution is 2.22. The molecule has 10 nitrogen and oxygen atoms in total. The fraction of sp³-hybridized carbons (Fsp3) is 0.434. The normalized spacial score (nSPS) is 19.9. The molecule has 0 aromatic heterocycles. The molecule has 5 fully saturated rings. The second-order valence-corrected chi connectivity index (χ2v) is 15.7. The summed E-state index contributed by atoms with van der Waals surface area (Å²) in [5.74, 6) is 5.79. The molecule has 5 atom stereocenters. The van der Waals surface area contributed by atoms with Crippen molar-refractivity contribution in [1.82, 2.24) is 0 Å². The van der Waals surface area contributed by atoms with E-state index in [2.05, 4.69) is 52.0 Å². The highest BCUT2D eigenvalue weighted by Gasteiger charge is 2.25. The molecular formula is C53H70O10. The zero-order valence-corrected chi connectivity index (χ0v) is 36.0. The SMILES string of the molecule is C.C.CC(C)c1ccc(OCC2CO2)cc1.CC(C)c1ccc(OCC2CO2)cc1.c1ccc(OCC2CO2)cc1.c1ccc(OCC2CO2)cc1.c1ccc(OCC2CO2)cc1. The topological polar surface area (TPSA) is 109 Å². The maximum Gasteiger partial charge on any atom is 0.119 e. The van der Waals surface area contributed by atoms with Gasteiger partial charge in [-0.25, -0.2) is 0 Å². The van der Waals surface area contributed by atoms with Crippen LogP contribution in [0.25, 0.3) is 0 Å². The fourth-order valence-corrected chi connectivity index (χ4v) is 5.22. The molecule has 0 amide bonds. The summed E-state index contributed by atoms with van der Waals surface area (Å²) in [6.45, 7) is 16.4. The molecule has 0 spiro atoms. The lowest BCUT2D eigenvalue weighted by Gasteiger charge is -2.07. The molecule has 5 aromatic rings. The molecule has 5 heterocycles. The van der Waals surface area contributed by atoms with Gasteiger partial charge in [0.25, 0.3) is 0 Å². The van der Waals surface area contributed by atoms with Gasteiger partial charge in [-0.15, -0.1) is 0 Å². The van der Waals surface area contributed by atoms with Crippen LogP contribution < -0.4 is 23.7 Å². The van der Waals surface area contributed by atoms with E-state index in [4.69, 9.17) is 47.4 Å². The summed E-state index contributed by atoms with van der Waals surface area (Å²) < 4.78 is 52.4. The zero-order chi connectivity index (χ0) is 42.5. The Balaban J connectivity index is 0.000000172. The molecule has 342 valence electrons. The Labute approximate surface area is 376 Å². The Hall–Kier alpha value is -5.10. The second kappa shape index (κ2) is 27.9. The van der Waals surface area contributed by atoms with Crippen molar-refractivity contribution >= 4 is 0 Å². The number of para-hydroxylation sites is 3. The third-order valence-electron chi connectivity index (χ3n) is 9.51. The Morgan fingerprint density at radius 1 is 0.333 bits per heavy atom. The molecule has 63 heavy (non-hydrogen) atoms. The lowest BCUT2D eigenvalue weighted by molar-refractivity contribution is 0.263. The summed E-state index contributed by atoms with van der Waals surface area (Å²) in [4.78, 5) is 0. The standard InChI is InChI=1S/2C12H16O2.3C9H10O2.2CH4/c2*1-9(2)10-3-5-11(6-4-10)13-7-12-8-14-12;3*1-2-4-8(5-3-1)10-6-9-7-11-9;;/h2*3-6,9,12H,7-8H2,1-2H3;3*1-5,9H,6-7H2;2*1H4. The molecule has 10 heteroatoms. The smallest absolute Gasteiger partial charge is 0.119 e. The molecule has 5 aromatic carbocycles. The average Bonchev–Trinajstić information content (AvgIpc) is 4.08. The van der Waals surface area contributed by atoms with Gasteiger partial charge in [-0.1, -0.05) is 121 Å². The number of rotatable bonds is 17. The van der Waals surface area contributed by atoms with Crippen molar-refractivity contribution in [2.45, 2.75) is 84.9 Å². The second-order valence-electron chi connectivity index (χ2n) is 15.7. The highest BCUT2D eigenvalue weighted by atomic mass is 16.6. The molecule has 10 rings (SSSR count).